The van der Waals surface area contributed by atoms with Crippen molar-refractivity contribution in [2.45, 2.75) is 20.3 Å². The van der Waals surface area contributed by atoms with Crippen LogP contribution < -0.4 is 5.32 Å². The minimum Gasteiger partial charge on any atom is -0.472 e. The molecule has 0 aliphatic carbocycles. The lowest BCUT2D eigenvalue weighted by molar-refractivity contribution is -0.116. The van der Waals surface area contributed by atoms with Crippen molar-refractivity contribution in [1.82, 2.24) is 35.1 Å². The van der Waals surface area contributed by atoms with Crippen LogP contribution in [0.1, 0.15) is 20.3 Å². The normalized spacial score (nSPS) is 11.5. The first-order valence-electron chi connectivity index (χ1n) is 11.5. The Bertz CT molecular complexity index is 1700. The van der Waals surface area contributed by atoms with Crippen molar-refractivity contribution in [2.24, 2.45) is 5.92 Å². The molecule has 36 heavy (non-hydrogen) atoms. The van der Waals surface area contributed by atoms with Crippen LogP contribution in [0.3, 0.4) is 0 Å². The van der Waals surface area contributed by atoms with Crippen molar-refractivity contribution in [1.29, 1.82) is 0 Å². The molecule has 0 atom stereocenters. The average Bonchev–Trinajstić information content (AvgIpc) is 3.62. The molecule has 0 saturated carbocycles. The number of rotatable bonds is 6. The number of aromatic amines is 2. The van der Waals surface area contributed by atoms with E-state index in [0.717, 1.165) is 38.7 Å². The van der Waals surface area contributed by atoms with Gasteiger partial charge in [0, 0.05) is 47.3 Å². The molecule has 178 valence electrons. The van der Waals surface area contributed by atoms with Gasteiger partial charge in [-0.05, 0) is 24.1 Å². The van der Waals surface area contributed by atoms with E-state index in [1.54, 1.807) is 43.5 Å². The molecule has 0 aliphatic rings. The fourth-order valence-corrected chi connectivity index (χ4v) is 4.16. The zero-order valence-electron chi connectivity index (χ0n) is 19.6. The van der Waals surface area contributed by atoms with E-state index in [1.165, 1.54) is 0 Å². The molecule has 0 unspecified atom stereocenters. The summed E-state index contributed by atoms with van der Waals surface area (Å²) in [6, 6.07) is 5.75. The summed E-state index contributed by atoms with van der Waals surface area (Å²) in [7, 11) is 0. The minimum absolute atomic E-state index is 0.0381. The number of hydrogen-bond donors (Lipinski definition) is 3. The van der Waals surface area contributed by atoms with Gasteiger partial charge in [0.05, 0.1) is 41.5 Å². The van der Waals surface area contributed by atoms with E-state index >= 15 is 0 Å². The first kappa shape index (κ1) is 21.7. The Kier molecular flexibility index (Phi) is 5.25. The Morgan fingerprint density at radius 3 is 2.75 bits per heavy atom. The number of aromatic nitrogens is 7. The molecule has 0 spiro atoms. The topological polar surface area (TPSA) is 138 Å². The molecule has 0 radical (unpaired) electrons. The molecule has 0 saturated heterocycles. The van der Waals surface area contributed by atoms with Gasteiger partial charge in [-0.2, -0.15) is 5.10 Å². The summed E-state index contributed by atoms with van der Waals surface area (Å²) in [5.74, 6) is 0.835. The number of H-pyrrole nitrogens is 2. The minimum atomic E-state index is -0.0381. The van der Waals surface area contributed by atoms with Gasteiger partial charge >= 0.3 is 0 Å². The van der Waals surface area contributed by atoms with Crippen molar-refractivity contribution >= 4 is 33.7 Å². The average molecular weight is 479 g/mol. The Balaban J connectivity index is 1.38. The van der Waals surface area contributed by atoms with Gasteiger partial charge in [0.15, 0.2) is 11.5 Å². The number of anilines is 1. The lowest BCUT2D eigenvalue weighted by Gasteiger charge is -2.08. The van der Waals surface area contributed by atoms with E-state index in [2.05, 4.69) is 35.5 Å². The lowest BCUT2D eigenvalue weighted by Crippen LogP contribution is -2.13. The highest BCUT2D eigenvalue weighted by Crippen LogP contribution is 2.32. The number of carbonyl (C=O) groups excluding carboxylic acids is 1. The number of hydrogen-bond acceptors (Lipinski definition) is 7. The van der Waals surface area contributed by atoms with Crippen LogP contribution in [0.15, 0.2) is 66.1 Å². The molecular weight excluding hydrogens is 456 g/mol. The molecule has 0 fully saturated rings. The van der Waals surface area contributed by atoms with E-state index in [4.69, 9.17) is 9.40 Å². The first-order valence-corrected chi connectivity index (χ1v) is 11.5. The van der Waals surface area contributed by atoms with Gasteiger partial charge in [-0.1, -0.05) is 13.8 Å². The maximum absolute atomic E-state index is 12.2. The van der Waals surface area contributed by atoms with Crippen LogP contribution in [0.25, 0.3) is 55.8 Å². The van der Waals surface area contributed by atoms with Crippen molar-refractivity contribution in [3.05, 3.63) is 61.7 Å². The summed E-state index contributed by atoms with van der Waals surface area (Å²) in [5, 5.41) is 11.2. The highest BCUT2D eigenvalue weighted by Gasteiger charge is 2.17. The summed E-state index contributed by atoms with van der Waals surface area (Å²) in [4.78, 5) is 33.5. The van der Waals surface area contributed by atoms with Crippen LogP contribution in [0.2, 0.25) is 0 Å². The van der Waals surface area contributed by atoms with Crippen LogP contribution >= 0.6 is 0 Å². The number of furan rings is 1. The van der Waals surface area contributed by atoms with Gasteiger partial charge in [0.25, 0.3) is 0 Å². The Hall–Kier alpha value is -4.86. The Labute approximate surface area is 205 Å². The van der Waals surface area contributed by atoms with Crippen molar-refractivity contribution in [2.75, 3.05) is 5.32 Å². The quantitative estimate of drug-likeness (QED) is 0.299. The monoisotopic (exact) mass is 478 g/mol. The van der Waals surface area contributed by atoms with E-state index in [1.807, 2.05) is 32.0 Å². The fourth-order valence-electron chi connectivity index (χ4n) is 4.16. The number of nitrogens with zero attached hydrogens (tertiary/aromatic N) is 5. The maximum atomic E-state index is 12.2. The molecule has 6 aromatic heterocycles. The molecule has 0 aromatic carbocycles. The Morgan fingerprint density at radius 1 is 1.06 bits per heavy atom. The van der Waals surface area contributed by atoms with Crippen LogP contribution in [0.5, 0.6) is 0 Å². The third-order valence-electron chi connectivity index (χ3n) is 5.82. The van der Waals surface area contributed by atoms with Crippen molar-refractivity contribution < 1.29 is 9.21 Å². The lowest BCUT2D eigenvalue weighted by atomic mass is 10.1. The number of amides is 1. The highest BCUT2D eigenvalue weighted by atomic mass is 16.3. The van der Waals surface area contributed by atoms with Gasteiger partial charge in [0.1, 0.15) is 11.2 Å². The van der Waals surface area contributed by atoms with Gasteiger partial charge in [-0.3, -0.25) is 19.9 Å². The fraction of sp³-hybridized carbons (Fsp3) is 0.154. The van der Waals surface area contributed by atoms with Gasteiger partial charge in [0.2, 0.25) is 5.91 Å². The standard InChI is InChI=1S/C26H22N8O2/c1-14(2)5-22(35)30-18-6-16(8-27-10-18)17-7-19-24(33-34-25(19)29-9-17)26-31-21-12-28-11-20(23(21)32-26)15-3-4-36-13-15/h3-4,6-14H,5H2,1-2H3,(H,30,35)(H,31,32)(H,29,33,34). The summed E-state index contributed by atoms with van der Waals surface area (Å²) in [5.41, 5.74) is 6.92. The molecule has 6 heterocycles. The van der Waals surface area contributed by atoms with Gasteiger partial charge in [-0.15, -0.1) is 0 Å². The second-order valence-corrected chi connectivity index (χ2v) is 8.98. The third-order valence-corrected chi connectivity index (χ3v) is 5.82. The molecular formula is C26H22N8O2. The zero-order chi connectivity index (χ0) is 24.6. The van der Waals surface area contributed by atoms with Gasteiger partial charge < -0.3 is 14.7 Å². The van der Waals surface area contributed by atoms with E-state index in [0.29, 0.717) is 29.3 Å². The molecule has 10 nitrogen and oxygen atoms in total. The number of carbonyl (C=O) groups is 1. The number of fused-ring (bicyclic) bond motifs is 2. The highest BCUT2D eigenvalue weighted by molar-refractivity contribution is 5.97. The third kappa shape index (κ3) is 3.98. The maximum Gasteiger partial charge on any atom is 0.224 e. The molecule has 1 amide bonds. The van der Waals surface area contributed by atoms with Crippen LogP contribution in [-0.2, 0) is 4.79 Å². The summed E-state index contributed by atoms with van der Waals surface area (Å²) >= 11 is 0. The first-order chi connectivity index (χ1) is 17.5. The molecule has 3 N–H and O–H groups in total. The SMILES string of the molecule is CC(C)CC(=O)Nc1cncc(-c2cnc3[nH]nc(-c4nc5c(-c6ccoc6)cncc5[nH]4)c3c2)c1. The van der Waals surface area contributed by atoms with E-state index in [9.17, 15) is 4.79 Å². The second-order valence-electron chi connectivity index (χ2n) is 8.98. The zero-order valence-corrected chi connectivity index (χ0v) is 19.6. The summed E-state index contributed by atoms with van der Waals surface area (Å²) in [6.07, 6.45) is 12.4. The van der Waals surface area contributed by atoms with Crippen molar-refractivity contribution in [3.63, 3.8) is 0 Å². The molecule has 10 heteroatoms. The second kappa shape index (κ2) is 8.73. The van der Waals surface area contributed by atoms with E-state index < -0.39 is 0 Å². The van der Waals surface area contributed by atoms with E-state index in [-0.39, 0.29) is 11.8 Å². The predicted octanol–water partition coefficient (Wildman–Crippen LogP) is 5.20. The number of nitrogens with one attached hydrogen (secondary N) is 3. The van der Waals surface area contributed by atoms with Crippen LogP contribution in [0, 0.1) is 5.92 Å². The van der Waals surface area contributed by atoms with Crippen molar-refractivity contribution in [3.8, 4) is 33.8 Å². The smallest absolute Gasteiger partial charge is 0.224 e. The predicted molar refractivity (Wildman–Crippen MR) is 136 cm³/mol. The van der Waals surface area contributed by atoms with Gasteiger partial charge in [-0.25, -0.2) is 9.97 Å². The molecule has 0 aliphatic heterocycles. The van der Waals surface area contributed by atoms with Crippen LogP contribution in [0.4, 0.5) is 5.69 Å². The molecule has 6 rings (SSSR count). The summed E-state index contributed by atoms with van der Waals surface area (Å²) in [6.45, 7) is 4.02. The Morgan fingerprint density at radius 2 is 1.92 bits per heavy atom. The largest absolute Gasteiger partial charge is 0.472 e. The summed E-state index contributed by atoms with van der Waals surface area (Å²) < 4.78 is 5.24. The van der Waals surface area contributed by atoms with Crippen LogP contribution in [-0.4, -0.2) is 41.0 Å². The number of imidazole rings is 1. The molecule has 6 aromatic rings. The number of pyridine rings is 3. The molecule has 0 bridgehead atoms.